The maximum absolute atomic E-state index is 12.2. The zero-order valence-electron chi connectivity index (χ0n) is 12.4. The Labute approximate surface area is 134 Å². The van der Waals surface area contributed by atoms with Crippen LogP contribution in [0.3, 0.4) is 0 Å². The van der Waals surface area contributed by atoms with Crippen molar-refractivity contribution in [2.24, 2.45) is 0 Å². The summed E-state index contributed by atoms with van der Waals surface area (Å²) in [5.74, 6) is 2.19. The van der Waals surface area contributed by atoms with Gasteiger partial charge in [-0.05, 0) is 29.9 Å². The van der Waals surface area contributed by atoms with E-state index in [0.717, 1.165) is 42.3 Å². The molecule has 6 heteroatoms. The van der Waals surface area contributed by atoms with Gasteiger partial charge in [0.15, 0.2) is 0 Å². The van der Waals surface area contributed by atoms with E-state index in [1.165, 1.54) is 0 Å². The molecule has 1 aromatic heterocycles. The van der Waals surface area contributed by atoms with Crippen molar-refractivity contribution in [1.82, 2.24) is 19.8 Å². The second-order valence-electron chi connectivity index (χ2n) is 5.25. The van der Waals surface area contributed by atoms with Crippen LogP contribution in [0.1, 0.15) is 12.0 Å². The fraction of sp³-hybridized carbons (Fsp3) is 0.375. The molecule has 1 N–H and O–H groups in total. The second-order valence-corrected chi connectivity index (χ2v) is 6.47. The number of hydrogen-bond donors (Lipinski definition) is 1. The summed E-state index contributed by atoms with van der Waals surface area (Å²) in [4.78, 5) is 18.1. The molecular formula is C16H20N4OS. The lowest BCUT2D eigenvalue weighted by molar-refractivity contribution is 0.201. The van der Waals surface area contributed by atoms with Gasteiger partial charge in [0.1, 0.15) is 0 Å². The van der Waals surface area contributed by atoms with E-state index in [1.54, 1.807) is 12.5 Å². The number of carbonyl (C=O) groups is 1. The highest BCUT2D eigenvalue weighted by Gasteiger charge is 2.14. The van der Waals surface area contributed by atoms with Gasteiger partial charge in [-0.3, -0.25) is 0 Å². The molecule has 2 amide bonds. The summed E-state index contributed by atoms with van der Waals surface area (Å²) in [6.07, 6.45) is 6.52. The summed E-state index contributed by atoms with van der Waals surface area (Å²) >= 11 is 1.92. The zero-order valence-corrected chi connectivity index (χ0v) is 13.3. The molecule has 2 heterocycles. The molecule has 0 spiro atoms. The van der Waals surface area contributed by atoms with E-state index in [-0.39, 0.29) is 6.03 Å². The van der Waals surface area contributed by atoms with Crippen molar-refractivity contribution >= 4 is 17.8 Å². The number of rotatable bonds is 3. The van der Waals surface area contributed by atoms with Gasteiger partial charge in [0.25, 0.3) is 0 Å². The summed E-state index contributed by atoms with van der Waals surface area (Å²) < 4.78 is 1.96. The van der Waals surface area contributed by atoms with Crippen molar-refractivity contribution in [3.8, 4) is 5.69 Å². The van der Waals surface area contributed by atoms with Crippen LogP contribution in [-0.4, -0.2) is 45.1 Å². The quantitative estimate of drug-likeness (QED) is 0.946. The fourth-order valence-electron chi connectivity index (χ4n) is 2.44. The highest BCUT2D eigenvalue weighted by molar-refractivity contribution is 7.99. The lowest BCUT2D eigenvalue weighted by atomic mass is 10.2. The molecule has 1 saturated heterocycles. The van der Waals surface area contributed by atoms with Crippen LogP contribution in [0.2, 0.25) is 0 Å². The van der Waals surface area contributed by atoms with Gasteiger partial charge < -0.3 is 14.8 Å². The molecule has 2 aromatic rings. The molecule has 22 heavy (non-hydrogen) atoms. The Bertz CT molecular complexity index is 589. The maximum atomic E-state index is 12.2. The van der Waals surface area contributed by atoms with E-state index in [4.69, 9.17) is 0 Å². The summed E-state index contributed by atoms with van der Waals surface area (Å²) in [5, 5.41) is 3.01. The van der Waals surface area contributed by atoms with Gasteiger partial charge in [-0.1, -0.05) is 12.1 Å². The van der Waals surface area contributed by atoms with E-state index in [9.17, 15) is 4.79 Å². The Morgan fingerprint density at radius 3 is 2.86 bits per heavy atom. The van der Waals surface area contributed by atoms with Crippen molar-refractivity contribution in [3.05, 3.63) is 48.5 Å². The van der Waals surface area contributed by atoms with Gasteiger partial charge in [-0.15, -0.1) is 0 Å². The number of amides is 2. The maximum Gasteiger partial charge on any atom is 0.317 e. The van der Waals surface area contributed by atoms with Crippen molar-refractivity contribution in [2.45, 2.75) is 13.0 Å². The topological polar surface area (TPSA) is 50.2 Å². The number of imidazole rings is 1. The van der Waals surface area contributed by atoms with Crippen molar-refractivity contribution in [2.75, 3.05) is 24.6 Å². The Hall–Kier alpha value is -1.95. The highest BCUT2D eigenvalue weighted by atomic mass is 32.2. The number of aromatic nitrogens is 2. The number of nitrogens with zero attached hydrogens (tertiary/aromatic N) is 3. The standard InChI is InChI=1S/C16H20N4OS/c21-16(19-7-1-10-22-11-9-19)18-12-14-2-4-15(5-3-14)20-8-6-17-13-20/h2-6,8,13H,1,7,9-12H2,(H,18,21). The van der Waals surface area contributed by atoms with Gasteiger partial charge in [0.05, 0.1) is 6.33 Å². The minimum absolute atomic E-state index is 0.0428. The van der Waals surface area contributed by atoms with Crippen LogP contribution in [0, 0.1) is 0 Å². The number of carbonyl (C=O) groups excluding carboxylic acids is 1. The number of hydrogen-bond acceptors (Lipinski definition) is 3. The summed E-state index contributed by atoms with van der Waals surface area (Å²) in [5.41, 5.74) is 2.17. The van der Waals surface area contributed by atoms with E-state index in [2.05, 4.69) is 10.3 Å². The smallest absolute Gasteiger partial charge is 0.317 e. The first-order chi connectivity index (χ1) is 10.8. The molecule has 0 saturated carbocycles. The van der Waals surface area contributed by atoms with Crippen LogP contribution in [0.5, 0.6) is 0 Å². The van der Waals surface area contributed by atoms with Crippen molar-refractivity contribution < 1.29 is 4.79 Å². The zero-order chi connectivity index (χ0) is 15.2. The van der Waals surface area contributed by atoms with Crippen LogP contribution >= 0.6 is 11.8 Å². The van der Waals surface area contributed by atoms with Gasteiger partial charge in [0, 0.05) is 43.5 Å². The highest BCUT2D eigenvalue weighted by Crippen LogP contribution is 2.11. The summed E-state index contributed by atoms with van der Waals surface area (Å²) in [6.45, 7) is 2.27. The van der Waals surface area contributed by atoms with Crippen molar-refractivity contribution in [3.63, 3.8) is 0 Å². The lowest BCUT2D eigenvalue weighted by Crippen LogP contribution is -2.40. The Morgan fingerprint density at radius 1 is 1.23 bits per heavy atom. The third-order valence-electron chi connectivity index (χ3n) is 3.69. The molecular weight excluding hydrogens is 296 g/mol. The van der Waals surface area contributed by atoms with Crippen LogP contribution in [0.15, 0.2) is 43.0 Å². The number of benzene rings is 1. The minimum Gasteiger partial charge on any atom is -0.334 e. The molecule has 1 fully saturated rings. The van der Waals surface area contributed by atoms with Crippen LogP contribution in [-0.2, 0) is 6.54 Å². The molecule has 116 valence electrons. The molecule has 0 radical (unpaired) electrons. The Kier molecular flexibility index (Phi) is 5.00. The monoisotopic (exact) mass is 316 g/mol. The lowest BCUT2D eigenvalue weighted by Gasteiger charge is -2.20. The molecule has 5 nitrogen and oxygen atoms in total. The SMILES string of the molecule is O=C(NCc1ccc(-n2ccnc2)cc1)N1CCCSCC1. The predicted octanol–water partition coefficient (Wildman–Crippen LogP) is 2.52. The third-order valence-corrected chi connectivity index (χ3v) is 4.74. The first-order valence-corrected chi connectivity index (χ1v) is 8.66. The molecule has 1 aliphatic heterocycles. The first-order valence-electron chi connectivity index (χ1n) is 7.51. The molecule has 0 unspecified atom stereocenters. The number of nitrogens with one attached hydrogen (secondary N) is 1. The van der Waals surface area contributed by atoms with E-state index >= 15 is 0 Å². The normalized spacial score (nSPS) is 15.4. The van der Waals surface area contributed by atoms with Crippen LogP contribution in [0.25, 0.3) is 5.69 Å². The van der Waals surface area contributed by atoms with Gasteiger partial charge >= 0.3 is 6.03 Å². The average Bonchev–Trinajstić information content (AvgIpc) is 2.95. The predicted molar refractivity (Wildman–Crippen MR) is 89.3 cm³/mol. The molecule has 3 rings (SSSR count). The van der Waals surface area contributed by atoms with E-state index < -0.39 is 0 Å². The second kappa shape index (κ2) is 7.35. The number of urea groups is 1. The average molecular weight is 316 g/mol. The molecule has 1 aliphatic rings. The summed E-state index contributed by atoms with van der Waals surface area (Å²) in [7, 11) is 0. The van der Waals surface area contributed by atoms with Crippen LogP contribution in [0.4, 0.5) is 4.79 Å². The number of thioether (sulfide) groups is 1. The third kappa shape index (κ3) is 3.82. The largest absolute Gasteiger partial charge is 0.334 e. The molecule has 0 aliphatic carbocycles. The molecule has 0 atom stereocenters. The Morgan fingerprint density at radius 2 is 2.09 bits per heavy atom. The van der Waals surface area contributed by atoms with Gasteiger partial charge in [0.2, 0.25) is 0 Å². The van der Waals surface area contributed by atoms with Crippen LogP contribution < -0.4 is 5.32 Å². The molecule has 1 aromatic carbocycles. The first kappa shape index (κ1) is 15.0. The van der Waals surface area contributed by atoms with Crippen molar-refractivity contribution in [1.29, 1.82) is 0 Å². The minimum atomic E-state index is 0.0428. The van der Waals surface area contributed by atoms with E-state index in [1.807, 2.05) is 51.7 Å². The fourth-order valence-corrected chi connectivity index (χ4v) is 3.32. The van der Waals surface area contributed by atoms with Gasteiger partial charge in [-0.25, -0.2) is 9.78 Å². The summed E-state index contributed by atoms with van der Waals surface area (Å²) in [6, 6.07) is 8.18. The van der Waals surface area contributed by atoms with E-state index in [0.29, 0.717) is 6.54 Å². The Balaban J connectivity index is 1.53. The molecule has 0 bridgehead atoms. The van der Waals surface area contributed by atoms with Gasteiger partial charge in [-0.2, -0.15) is 11.8 Å².